The van der Waals surface area contributed by atoms with E-state index in [1.54, 1.807) is 25.0 Å². The Kier molecular flexibility index (Phi) is 6.37. The van der Waals surface area contributed by atoms with E-state index < -0.39 is 6.04 Å². The van der Waals surface area contributed by atoms with E-state index in [9.17, 15) is 9.59 Å². The minimum atomic E-state index is -0.526. The van der Waals surface area contributed by atoms with Crippen molar-refractivity contribution in [3.05, 3.63) is 35.9 Å². The second-order valence-corrected chi connectivity index (χ2v) is 5.97. The molecule has 1 aromatic carbocycles. The number of carbonyl (C=O) groups excluding carboxylic acids is 2. The first kappa shape index (κ1) is 18.0. The molecule has 0 aromatic heterocycles. The highest BCUT2D eigenvalue weighted by Crippen LogP contribution is 2.12. The van der Waals surface area contributed by atoms with Crippen molar-refractivity contribution in [3.63, 3.8) is 0 Å². The highest BCUT2D eigenvalue weighted by atomic mass is 16.5. The first-order valence-electron chi connectivity index (χ1n) is 8.09. The summed E-state index contributed by atoms with van der Waals surface area (Å²) in [5.41, 5.74) is 0.893. The third-order valence-corrected chi connectivity index (χ3v) is 4.09. The molecule has 2 rings (SSSR count). The van der Waals surface area contributed by atoms with Crippen LogP contribution in [-0.4, -0.2) is 68.0 Å². The van der Waals surface area contributed by atoms with Gasteiger partial charge in [0.15, 0.2) is 0 Å². The summed E-state index contributed by atoms with van der Waals surface area (Å²) in [6, 6.07) is 6.86. The van der Waals surface area contributed by atoms with Crippen LogP contribution in [0.15, 0.2) is 30.3 Å². The first-order valence-corrected chi connectivity index (χ1v) is 8.09. The Morgan fingerprint density at radius 1 is 1.17 bits per heavy atom. The molecule has 0 bridgehead atoms. The molecule has 1 atom stereocenters. The molecular formula is C18H25N3O3. The van der Waals surface area contributed by atoms with Crippen LogP contribution in [0.4, 0.5) is 0 Å². The highest BCUT2D eigenvalue weighted by Gasteiger charge is 2.24. The molecule has 1 fully saturated rings. The Bertz CT molecular complexity index is 590. The quantitative estimate of drug-likeness (QED) is 0.818. The molecular weight excluding hydrogens is 306 g/mol. The predicted molar refractivity (Wildman–Crippen MR) is 93.7 cm³/mol. The number of amides is 2. The molecule has 6 nitrogen and oxygen atoms in total. The van der Waals surface area contributed by atoms with Gasteiger partial charge in [-0.3, -0.25) is 9.59 Å². The van der Waals surface area contributed by atoms with Crippen molar-refractivity contribution in [2.75, 3.05) is 40.3 Å². The lowest BCUT2D eigenvalue weighted by Crippen LogP contribution is -2.53. The molecule has 1 heterocycles. The Balaban J connectivity index is 1.84. The summed E-state index contributed by atoms with van der Waals surface area (Å²) < 4.78 is 5.09. The number of nitrogens with zero attached hydrogens (tertiary/aromatic N) is 2. The number of benzene rings is 1. The highest BCUT2D eigenvalue weighted by molar-refractivity contribution is 5.95. The van der Waals surface area contributed by atoms with Crippen molar-refractivity contribution < 1.29 is 14.3 Å². The lowest BCUT2D eigenvalue weighted by molar-refractivity contribution is -0.136. The Hall–Kier alpha value is -2.34. The van der Waals surface area contributed by atoms with Gasteiger partial charge in [-0.05, 0) is 37.7 Å². The van der Waals surface area contributed by atoms with Crippen molar-refractivity contribution in [2.45, 2.75) is 13.0 Å². The van der Waals surface area contributed by atoms with Crippen molar-refractivity contribution in [1.29, 1.82) is 0 Å². The van der Waals surface area contributed by atoms with Crippen LogP contribution in [0.3, 0.4) is 0 Å². The average molecular weight is 331 g/mol. The van der Waals surface area contributed by atoms with Gasteiger partial charge in [-0.15, -0.1) is 0 Å². The van der Waals surface area contributed by atoms with Crippen molar-refractivity contribution in [2.24, 2.45) is 0 Å². The molecule has 1 saturated heterocycles. The summed E-state index contributed by atoms with van der Waals surface area (Å²) in [6.07, 6.45) is 3.15. The van der Waals surface area contributed by atoms with Crippen LogP contribution < -0.4 is 10.1 Å². The van der Waals surface area contributed by atoms with Crippen LogP contribution in [0.2, 0.25) is 0 Å². The molecule has 0 saturated carbocycles. The van der Waals surface area contributed by atoms with Crippen LogP contribution in [0.1, 0.15) is 12.5 Å². The standard InChI is InChI=1S/C18H25N3O3/c1-14(18(23)21-12-10-20(2)11-13-21)19-17(22)9-6-15-4-7-16(24-3)8-5-15/h4-9,14H,10-13H2,1-3H3,(H,19,22)/b9-6+. The predicted octanol–water partition coefficient (Wildman–Crippen LogP) is 0.987. The molecule has 6 heteroatoms. The zero-order valence-corrected chi connectivity index (χ0v) is 14.5. The molecule has 1 aliphatic heterocycles. The molecule has 0 aliphatic carbocycles. The fourth-order valence-electron chi connectivity index (χ4n) is 2.51. The smallest absolute Gasteiger partial charge is 0.244 e. The number of ether oxygens (including phenoxy) is 1. The zero-order valence-electron chi connectivity index (χ0n) is 14.5. The second kappa shape index (κ2) is 8.49. The summed E-state index contributed by atoms with van der Waals surface area (Å²) in [4.78, 5) is 28.3. The molecule has 1 aliphatic rings. The van der Waals surface area contributed by atoms with Crippen molar-refractivity contribution >= 4 is 17.9 Å². The van der Waals surface area contributed by atoms with E-state index in [1.165, 1.54) is 6.08 Å². The third kappa shape index (κ3) is 5.09. The SMILES string of the molecule is COc1ccc(/C=C/C(=O)NC(C)C(=O)N2CCN(C)CC2)cc1. The van der Waals surface area contributed by atoms with Gasteiger partial charge in [0.1, 0.15) is 11.8 Å². The number of hydrogen-bond donors (Lipinski definition) is 1. The molecule has 0 radical (unpaired) electrons. The van der Waals surface area contributed by atoms with E-state index in [2.05, 4.69) is 10.2 Å². The number of nitrogens with one attached hydrogen (secondary N) is 1. The van der Waals surface area contributed by atoms with E-state index >= 15 is 0 Å². The number of carbonyl (C=O) groups is 2. The number of hydrogen-bond acceptors (Lipinski definition) is 4. The molecule has 2 amide bonds. The van der Waals surface area contributed by atoms with Crippen LogP contribution in [-0.2, 0) is 9.59 Å². The van der Waals surface area contributed by atoms with E-state index in [-0.39, 0.29) is 11.8 Å². The minimum Gasteiger partial charge on any atom is -0.497 e. The van der Waals surface area contributed by atoms with Crippen LogP contribution in [0, 0.1) is 0 Å². The molecule has 0 spiro atoms. The molecule has 130 valence electrons. The maximum absolute atomic E-state index is 12.3. The monoisotopic (exact) mass is 331 g/mol. The Labute approximate surface area is 143 Å². The fourth-order valence-corrected chi connectivity index (χ4v) is 2.51. The van der Waals surface area contributed by atoms with Crippen LogP contribution >= 0.6 is 0 Å². The van der Waals surface area contributed by atoms with Gasteiger partial charge in [-0.1, -0.05) is 12.1 Å². The largest absolute Gasteiger partial charge is 0.497 e. The first-order chi connectivity index (χ1) is 11.5. The van der Waals surface area contributed by atoms with Crippen molar-refractivity contribution in [3.8, 4) is 5.75 Å². The van der Waals surface area contributed by atoms with Crippen LogP contribution in [0.25, 0.3) is 6.08 Å². The number of rotatable bonds is 5. The molecule has 1 N–H and O–H groups in total. The lowest BCUT2D eigenvalue weighted by Gasteiger charge is -2.34. The fraction of sp³-hybridized carbons (Fsp3) is 0.444. The zero-order chi connectivity index (χ0) is 17.5. The summed E-state index contributed by atoms with van der Waals surface area (Å²) in [6.45, 7) is 4.86. The average Bonchev–Trinajstić information content (AvgIpc) is 2.60. The maximum atomic E-state index is 12.3. The van der Waals surface area contributed by atoms with E-state index in [4.69, 9.17) is 4.74 Å². The lowest BCUT2D eigenvalue weighted by atomic mass is 10.2. The normalized spacial score (nSPS) is 16.9. The van der Waals surface area contributed by atoms with E-state index in [0.717, 1.165) is 24.4 Å². The summed E-state index contributed by atoms with van der Waals surface area (Å²) in [5, 5.41) is 2.73. The molecule has 1 unspecified atom stereocenters. The van der Waals surface area contributed by atoms with Crippen molar-refractivity contribution in [1.82, 2.24) is 15.1 Å². The van der Waals surface area contributed by atoms with Gasteiger partial charge in [0.05, 0.1) is 7.11 Å². The van der Waals surface area contributed by atoms with Gasteiger partial charge < -0.3 is 19.9 Å². The molecule has 1 aromatic rings. The minimum absolute atomic E-state index is 0.0331. The van der Waals surface area contributed by atoms with Gasteiger partial charge in [-0.25, -0.2) is 0 Å². The summed E-state index contributed by atoms with van der Waals surface area (Å²) in [7, 11) is 3.65. The van der Waals surface area contributed by atoms with Gasteiger partial charge in [-0.2, -0.15) is 0 Å². The van der Waals surface area contributed by atoms with Gasteiger partial charge in [0.25, 0.3) is 0 Å². The second-order valence-electron chi connectivity index (χ2n) is 5.97. The third-order valence-electron chi connectivity index (χ3n) is 4.09. The van der Waals surface area contributed by atoms with Gasteiger partial charge in [0.2, 0.25) is 11.8 Å². The Morgan fingerprint density at radius 3 is 2.38 bits per heavy atom. The number of likely N-dealkylation sites (N-methyl/N-ethyl adjacent to an activating group) is 1. The Morgan fingerprint density at radius 2 is 1.79 bits per heavy atom. The van der Waals surface area contributed by atoms with Gasteiger partial charge in [0, 0.05) is 32.3 Å². The van der Waals surface area contributed by atoms with Gasteiger partial charge >= 0.3 is 0 Å². The topological polar surface area (TPSA) is 61.9 Å². The van der Waals surface area contributed by atoms with E-state index in [0.29, 0.717) is 13.1 Å². The number of methoxy groups -OCH3 is 1. The summed E-state index contributed by atoms with van der Waals surface area (Å²) in [5.74, 6) is 0.457. The van der Waals surface area contributed by atoms with Crippen LogP contribution in [0.5, 0.6) is 5.75 Å². The summed E-state index contributed by atoms with van der Waals surface area (Å²) >= 11 is 0. The number of piperazine rings is 1. The van der Waals surface area contributed by atoms with E-state index in [1.807, 2.05) is 31.3 Å². The molecule has 24 heavy (non-hydrogen) atoms. The maximum Gasteiger partial charge on any atom is 0.244 e.